The highest BCUT2D eigenvalue weighted by Gasteiger charge is 2.43. The fourth-order valence-electron chi connectivity index (χ4n) is 2.57. The zero-order valence-electron chi connectivity index (χ0n) is 13.1. The van der Waals surface area contributed by atoms with E-state index in [0.29, 0.717) is 25.0 Å². The maximum atomic E-state index is 13.0. The second kappa shape index (κ2) is 8.19. The topological polar surface area (TPSA) is 58.9 Å². The van der Waals surface area contributed by atoms with Crippen molar-refractivity contribution in [1.82, 2.24) is 4.98 Å². The molecule has 0 aliphatic rings. The molecule has 0 fully saturated rings. The van der Waals surface area contributed by atoms with Gasteiger partial charge in [-0.3, -0.25) is 10.1 Å². The lowest BCUT2D eigenvalue weighted by Gasteiger charge is -2.04. The number of nitrogens with zero attached hydrogens (tertiary/aromatic N) is 1. The average Bonchev–Trinajstić information content (AvgIpc) is 2.78. The van der Waals surface area contributed by atoms with Crippen LogP contribution in [0.3, 0.4) is 0 Å². The van der Waals surface area contributed by atoms with Crippen LogP contribution >= 0.6 is 0 Å². The number of hydrogen-bond donors (Lipinski definition) is 1. The highest BCUT2D eigenvalue weighted by Crippen LogP contribution is 2.40. The van der Waals surface area contributed by atoms with E-state index in [9.17, 15) is 23.3 Å². The number of alkyl halides is 3. The van der Waals surface area contributed by atoms with Gasteiger partial charge in [0.1, 0.15) is 0 Å². The van der Waals surface area contributed by atoms with Gasteiger partial charge in [0.15, 0.2) is 5.69 Å². The van der Waals surface area contributed by atoms with Gasteiger partial charge in [-0.1, -0.05) is 39.5 Å². The van der Waals surface area contributed by atoms with E-state index < -0.39 is 22.5 Å². The Morgan fingerprint density at radius 3 is 2.05 bits per heavy atom. The van der Waals surface area contributed by atoms with Crippen LogP contribution in [0.25, 0.3) is 0 Å². The third kappa shape index (κ3) is 4.74. The molecule has 0 aromatic carbocycles. The summed E-state index contributed by atoms with van der Waals surface area (Å²) in [5, 5.41) is 11.2. The summed E-state index contributed by atoms with van der Waals surface area (Å²) in [4.78, 5) is 12.5. The van der Waals surface area contributed by atoms with Gasteiger partial charge in [0.25, 0.3) is 0 Å². The van der Waals surface area contributed by atoms with Gasteiger partial charge in [-0.15, -0.1) is 0 Å². The van der Waals surface area contributed by atoms with Crippen molar-refractivity contribution in [2.24, 2.45) is 0 Å². The van der Waals surface area contributed by atoms with E-state index in [1.54, 1.807) is 0 Å². The van der Waals surface area contributed by atoms with E-state index in [-0.39, 0.29) is 5.56 Å². The van der Waals surface area contributed by atoms with Crippen LogP contribution in [0.4, 0.5) is 18.9 Å². The first-order chi connectivity index (χ1) is 10.3. The van der Waals surface area contributed by atoms with E-state index >= 15 is 0 Å². The summed E-state index contributed by atoms with van der Waals surface area (Å²) in [5.74, 6) is 0. The van der Waals surface area contributed by atoms with Crippen LogP contribution in [0, 0.1) is 10.1 Å². The molecule has 0 amide bonds. The van der Waals surface area contributed by atoms with Crippen molar-refractivity contribution < 1.29 is 18.1 Å². The minimum absolute atomic E-state index is 0.238. The minimum Gasteiger partial charge on any atom is -0.349 e. The Bertz CT molecular complexity index is 496. The third-order valence-electron chi connectivity index (χ3n) is 3.69. The van der Waals surface area contributed by atoms with Gasteiger partial charge in [-0.25, -0.2) is 0 Å². The maximum absolute atomic E-state index is 13.0. The van der Waals surface area contributed by atoms with Crippen LogP contribution in [0.1, 0.15) is 69.3 Å². The monoisotopic (exact) mass is 320 g/mol. The Balaban J connectivity index is 3.18. The van der Waals surface area contributed by atoms with E-state index in [4.69, 9.17) is 0 Å². The molecule has 0 radical (unpaired) electrons. The smallest absolute Gasteiger partial charge is 0.349 e. The van der Waals surface area contributed by atoms with E-state index in [1.807, 2.05) is 13.8 Å². The molecular weight excluding hydrogens is 297 g/mol. The Hall–Kier alpha value is -1.53. The molecule has 0 aliphatic carbocycles. The van der Waals surface area contributed by atoms with Crippen LogP contribution in [-0.4, -0.2) is 9.91 Å². The first kappa shape index (κ1) is 18.5. The number of aryl methyl sites for hydroxylation is 1. The van der Waals surface area contributed by atoms with Crippen molar-refractivity contribution in [3.63, 3.8) is 0 Å². The summed E-state index contributed by atoms with van der Waals surface area (Å²) in [6.07, 6.45) is 0.991. The number of nitrogens with one attached hydrogen (secondary N) is 1. The highest BCUT2D eigenvalue weighted by molar-refractivity contribution is 5.50. The van der Waals surface area contributed by atoms with Crippen LogP contribution in [0.2, 0.25) is 0 Å². The number of aromatic amines is 1. The molecule has 4 nitrogen and oxygen atoms in total. The minimum atomic E-state index is -4.73. The quantitative estimate of drug-likeness (QED) is 0.376. The molecule has 0 aliphatic heterocycles. The molecule has 0 saturated carbocycles. The van der Waals surface area contributed by atoms with Gasteiger partial charge in [-0.05, 0) is 25.7 Å². The molecule has 1 heterocycles. The van der Waals surface area contributed by atoms with Crippen molar-refractivity contribution >= 4 is 5.69 Å². The molecule has 0 spiro atoms. The first-order valence-electron chi connectivity index (χ1n) is 7.78. The number of rotatable bonds is 9. The first-order valence-corrected chi connectivity index (χ1v) is 7.78. The van der Waals surface area contributed by atoms with Crippen molar-refractivity contribution in [2.75, 3.05) is 0 Å². The SMILES string of the molecule is CCCCCc1[nH]c(C(F)(F)F)c([N+](=O)[O-])c1CCCCC. The molecule has 7 heteroatoms. The summed E-state index contributed by atoms with van der Waals surface area (Å²) in [6.45, 7) is 3.98. The van der Waals surface area contributed by atoms with E-state index in [2.05, 4.69) is 4.98 Å². The highest BCUT2D eigenvalue weighted by atomic mass is 19.4. The molecule has 1 rings (SSSR count). The molecule has 0 unspecified atom stereocenters. The molecule has 0 bridgehead atoms. The number of halogens is 3. The molecule has 1 aromatic rings. The van der Waals surface area contributed by atoms with E-state index in [1.165, 1.54) is 0 Å². The fraction of sp³-hybridized carbons (Fsp3) is 0.733. The van der Waals surface area contributed by atoms with Gasteiger partial charge in [-0.2, -0.15) is 13.2 Å². The molecule has 22 heavy (non-hydrogen) atoms. The number of unbranched alkanes of at least 4 members (excludes halogenated alkanes) is 4. The summed E-state index contributed by atoms with van der Waals surface area (Å²) in [6, 6.07) is 0. The average molecular weight is 320 g/mol. The Labute approximate surface area is 128 Å². The number of aromatic nitrogens is 1. The van der Waals surface area contributed by atoms with Crippen molar-refractivity contribution in [2.45, 2.75) is 71.4 Å². The summed E-state index contributed by atoms with van der Waals surface area (Å²) >= 11 is 0. The summed E-state index contributed by atoms with van der Waals surface area (Å²) < 4.78 is 39.1. The van der Waals surface area contributed by atoms with Gasteiger partial charge in [0.05, 0.1) is 10.5 Å². The van der Waals surface area contributed by atoms with E-state index in [0.717, 1.165) is 32.1 Å². The number of H-pyrrole nitrogens is 1. The molecule has 0 atom stereocenters. The predicted octanol–water partition coefficient (Wildman–Crippen LogP) is 5.41. The molecule has 1 N–H and O–H groups in total. The summed E-state index contributed by atoms with van der Waals surface area (Å²) in [7, 11) is 0. The largest absolute Gasteiger partial charge is 0.438 e. The van der Waals surface area contributed by atoms with Crippen molar-refractivity contribution in [3.05, 3.63) is 27.1 Å². The van der Waals surface area contributed by atoms with Gasteiger partial charge < -0.3 is 4.98 Å². The van der Waals surface area contributed by atoms with Gasteiger partial charge >= 0.3 is 11.9 Å². The lowest BCUT2D eigenvalue weighted by Crippen LogP contribution is -2.09. The second-order valence-electron chi connectivity index (χ2n) is 5.47. The van der Waals surface area contributed by atoms with Crippen LogP contribution < -0.4 is 0 Å². The fourth-order valence-corrected chi connectivity index (χ4v) is 2.57. The molecule has 1 aromatic heterocycles. The lowest BCUT2D eigenvalue weighted by atomic mass is 10.0. The zero-order chi connectivity index (χ0) is 16.8. The lowest BCUT2D eigenvalue weighted by molar-refractivity contribution is -0.388. The molecule has 126 valence electrons. The van der Waals surface area contributed by atoms with Crippen molar-refractivity contribution in [1.29, 1.82) is 0 Å². The Kier molecular flexibility index (Phi) is 6.90. The standard InChI is InChI=1S/C15H23F3N2O2/c1-3-5-7-9-11-12(10-8-6-4-2)19-14(15(16,17)18)13(11)20(21)22/h19H,3-10H2,1-2H3. The molecule has 0 saturated heterocycles. The van der Waals surface area contributed by atoms with Crippen LogP contribution in [0.15, 0.2) is 0 Å². The zero-order valence-corrected chi connectivity index (χ0v) is 13.1. The van der Waals surface area contributed by atoms with Crippen LogP contribution in [0.5, 0.6) is 0 Å². The number of hydrogen-bond acceptors (Lipinski definition) is 2. The third-order valence-corrected chi connectivity index (χ3v) is 3.69. The van der Waals surface area contributed by atoms with Crippen molar-refractivity contribution in [3.8, 4) is 0 Å². The Morgan fingerprint density at radius 2 is 1.59 bits per heavy atom. The normalized spacial score (nSPS) is 11.9. The van der Waals surface area contributed by atoms with Crippen LogP contribution in [-0.2, 0) is 19.0 Å². The Morgan fingerprint density at radius 1 is 1.05 bits per heavy atom. The van der Waals surface area contributed by atoms with Gasteiger partial charge in [0, 0.05) is 5.69 Å². The predicted molar refractivity (Wildman–Crippen MR) is 78.9 cm³/mol. The second-order valence-corrected chi connectivity index (χ2v) is 5.47. The maximum Gasteiger partial charge on any atom is 0.438 e. The number of nitro groups is 1. The molecular formula is C15H23F3N2O2. The summed E-state index contributed by atoms with van der Waals surface area (Å²) in [5.41, 5.74) is -1.38. The van der Waals surface area contributed by atoms with Gasteiger partial charge in [0.2, 0.25) is 0 Å².